The van der Waals surface area contributed by atoms with Gasteiger partial charge in [0.25, 0.3) is 0 Å². The largest absolute Gasteiger partial charge is 0.309 e. The summed E-state index contributed by atoms with van der Waals surface area (Å²) in [4.78, 5) is 1.89. The highest BCUT2D eigenvalue weighted by molar-refractivity contribution is 6.04. The Labute approximate surface area is 272 Å². The molecule has 0 aromatic heterocycles. The van der Waals surface area contributed by atoms with Gasteiger partial charge in [-0.05, 0) is 74.5 Å². The second-order valence-corrected chi connectivity index (χ2v) is 10.9. The monoisotopic (exact) mass is 579 g/mol. The molecule has 0 saturated carbocycles. The maximum atomic E-state index is 9.20. The van der Waals surface area contributed by atoms with E-state index in [0.29, 0.717) is 11.1 Å². The second-order valence-electron chi connectivity index (χ2n) is 10.9. The van der Waals surface area contributed by atoms with Crippen LogP contribution >= 0.6 is 0 Å². The van der Waals surface area contributed by atoms with Crippen LogP contribution in [0.25, 0.3) is 54.9 Å². The van der Waals surface area contributed by atoms with Gasteiger partial charge in [-0.25, -0.2) is 0 Å². The number of anilines is 3. The molecular weight excluding hydrogens is 542 g/mol. The van der Waals surface area contributed by atoms with E-state index in [9.17, 15) is 1.37 Å². The smallest absolute Gasteiger partial charge is 0.0645 e. The third-order valence-electron chi connectivity index (χ3n) is 8.25. The first-order chi connectivity index (χ1) is 24.8. The van der Waals surface area contributed by atoms with Gasteiger partial charge in [0.2, 0.25) is 0 Å². The van der Waals surface area contributed by atoms with E-state index in [2.05, 4.69) is 42.5 Å². The van der Waals surface area contributed by atoms with Gasteiger partial charge in [0.05, 0.1) is 19.6 Å². The highest BCUT2D eigenvalue weighted by atomic mass is 15.1. The zero-order chi connectivity index (χ0) is 35.2. The van der Waals surface area contributed by atoms with Crippen LogP contribution in [0.15, 0.2) is 188 Å². The fourth-order valence-corrected chi connectivity index (χ4v) is 6.07. The molecule has 0 atom stereocenters. The lowest BCUT2D eigenvalue weighted by atomic mass is 9.91. The Bertz CT molecular complexity index is 2570. The van der Waals surface area contributed by atoms with Gasteiger partial charge in [0, 0.05) is 16.5 Å². The van der Waals surface area contributed by atoms with Crippen LogP contribution < -0.4 is 4.90 Å². The number of fused-ring (bicyclic) bond motifs is 2. The van der Waals surface area contributed by atoms with E-state index in [0.717, 1.165) is 49.8 Å². The average Bonchev–Trinajstić information content (AvgIpc) is 3.18. The first kappa shape index (κ1) is 20.9. The second kappa shape index (κ2) is 11.6. The van der Waals surface area contributed by atoms with E-state index >= 15 is 0 Å². The summed E-state index contributed by atoms with van der Waals surface area (Å²) in [6.07, 6.45) is 0. The summed E-state index contributed by atoms with van der Waals surface area (Å²) >= 11 is 0. The van der Waals surface area contributed by atoms with Gasteiger partial charge in [0.1, 0.15) is 0 Å². The summed E-state index contributed by atoms with van der Waals surface area (Å²) in [5.74, 6) is 0. The van der Waals surface area contributed by atoms with Crippen LogP contribution in [-0.2, 0) is 0 Å². The molecular formula is C44H31N. The van der Waals surface area contributed by atoms with Gasteiger partial charge in [-0.2, -0.15) is 0 Å². The van der Waals surface area contributed by atoms with Crippen molar-refractivity contribution in [1.29, 1.82) is 0 Å². The average molecular weight is 580 g/mol. The molecule has 0 saturated heterocycles. The molecule has 0 amide bonds. The van der Waals surface area contributed by atoms with Gasteiger partial charge in [0.15, 0.2) is 0 Å². The van der Waals surface area contributed by atoms with Crippen molar-refractivity contribution >= 4 is 38.6 Å². The first-order valence-corrected chi connectivity index (χ1v) is 15.0. The molecule has 0 aliphatic carbocycles. The lowest BCUT2D eigenvalue weighted by molar-refractivity contribution is 1.31. The predicted molar refractivity (Wildman–Crippen MR) is 192 cm³/mol. The van der Waals surface area contributed by atoms with E-state index in [1.54, 1.807) is 0 Å². The van der Waals surface area contributed by atoms with Crippen LogP contribution in [0.5, 0.6) is 0 Å². The van der Waals surface area contributed by atoms with Gasteiger partial charge < -0.3 is 4.90 Å². The first-order valence-electron chi connectivity index (χ1n) is 18.0. The van der Waals surface area contributed by atoms with Crippen molar-refractivity contribution in [1.82, 2.24) is 0 Å². The topological polar surface area (TPSA) is 3.24 Å². The van der Waals surface area contributed by atoms with Gasteiger partial charge in [-0.1, -0.05) is 158 Å². The lowest BCUT2D eigenvalue weighted by Crippen LogP contribution is -2.11. The Morgan fingerprint density at radius 3 is 1.82 bits per heavy atom. The number of hydrogen-bond donors (Lipinski definition) is 0. The minimum Gasteiger partial charge on any atom is -0.309 e. The minimum absolute atomic E-state index is 0.0841. The zero-order valence-electron chi connectivity index (χ0n) is 30.4. The van der Waals surface area contributed by atoms with Crippen LogP contribution in [0.2, 0.25) is 0 Å². The predicted octanol–water partition coefficient (Wildman–Crippen LogP) is 12.5. The standard InChI is InChI=1S/C44H31N/c1-3-13-33(14-4-1)39-30-27-37(31-42(39)36-15-5-2-6-16-36)32-25-28-38(29-26-32)45(43-23-11-19-34-17-7-9-21-40(34)43)44-24-12-20-35-18-8-10-22-41(35)44/h1-31H/i7D,9D,11D,17D,19D,23D. The van der Waals surface area contributed by atoms with Crippen LogP contribution in [0.4, 0.5) is 17.1 Å². The summed E-state index contributed by atoms with van der Waals surface area (Å²) in [7, 11) is 0. The van der Waals surface area contributed by atoms with Crippen molar-refractivity contribution in [3.05, 3.63) is 188 Å². The number of benzene rings is 8. The van der Waals surface area contributed by atoms with Crippen molar-refractivity contribution in [2.45, 2.75) is 0 Å². The minimum atomic E-state index is -0.336. The van der Waals surface area contributed by atoms with E-state index < -0.39 is 0 Å². The molecule has 0 spiro atoms. The van der Waals surface area contributed by atoms with Crippen LogP contribution in [-0.4, -0.2) is 0 Å². The van der Waals surface area contributed by atoms with Crippen molar-refractivity contribution in [3.63, 3.8) is 0 Å². The molecule has 8 aromatic rings. The summed E-state index contributed by atoms with van der Waals surface area (Å²) in [6, 6.07) is 49.0. The van der Waals surface area contributed by atoms with E-state index in [-0.39, 0.29) is 47.3 Å². The van der Waals surface area contributed by atoms with E-state index in [4.69, 9.17) is 6.85 Å². The molecule has 0 radical (unpaired) electrons. The van der Waals surface area contributed by atoms with Crippen molar-refractivity contribution in [2.24, 2.45) is 0 Å². The Hall–Kier alpha value is -5.92. The third kappa shape index (κ3) is 5.05. The quantitative estimate of drug-likeness (QED) is 0.189. The molecule has 45 heavy (non-hydrogen) atoms. The summed E-state index contributed by atoms with van der Waals surface area (Å²) in [6.45, 7) is 0. The molecule has 0 unspecified atom stereocenters. The molecule has 8 aromatic carbocycles. The SMILES string of the molecule is [2H]c1cc2c(N(c3ccc(-c4ccc(-c5ccccc5)c(-c5ccccc5)c4)cc3)c3cccc4ccccc34)c([2H])c([2H])c([2H])c2c([2H])c1[2H]. The highest BCUT2D eigenvalue weighted by Crippen LogP contribution is 2.43. The van der Waals surface area contributed by atoms with Gasteiger partial charge in [-0.3, -0.25) is 0 Å². The molecule has 1 nitrogen and oxygen atoms in total. The van der Waals surface area contributed by atoms with Gasteiger partial charge >= 0.3 is 0 Å². The van der Waals surface area contributed by atoms with Crippen molar-refractivity contribution in [2.75, 3.05) is 4.90 Å². The van der Waals surface area contributed by atoms with Crippen LogP contribution in [0.3, 0.4) is 0 Å². The number of nitrogens with zero attached hydrogens (tertiary/aromatic N) is 1. The normalized spacial score (nSPS) is 13.0. The Morgan fingerprint density at radius 2 is 1.02 bits per heavy atom. The summed E-state index contributed by atoms with van der Waals surface area (Å²) < 4.78 is 52.2. The molecule has 0 heterocycles. The Balaban J connectivity index is 1.34. The molecule has 1 heteroatoms. The molecule has 0 N–H and O–H groups in total. The fraction of sp³-hybridized carbons (Fsp3) is 0. The van der Waals surface area contributed by atoms with Crippen molar-refractivity contribution in [3.8, 4) is 33.4 Å². The zero-order valence-corrected chi connectivity index (χ0v) is 24.4. The maximum absolute atomic E-state index is 9.20. The van der Waals surface area contributed by atoms with E-state index in [1.807, 2.05) is 108 Å². The molecule has 0 aliphatic rings. The summed E-state index contributed by atoms with van der Waals surface area (Å²) in [5.41, 5.74) is 8.30. The maximum Gasteiger partial charge on any atom is 0.0645 e. The Morgan fingerprint density at radius 1 is 0.378 bits per heavy atom. The molecule has 212 valence electrons. The Kier molecular flexibility index (Phi) is 5.40. The van der Waals surface area contributed by atoms with Gasteiger partial charge in [-0.15, -0.1) is 0 Å². The van der Waals surface area contributed by atoms with Crippen LogP contribution in [0.1, 0.15) is 8.22 Å². The fourth-order valence-electron chi connectivity index (χ4n) is 6.07. The number of rotatable bonds is 6. The number of hydrogen-bond acceptors (Lipinski definition) is 1. The lowest BCUT2D eigenvalue weighted by Gasteiger charge is -2.28. The van der Waals surface area contributed by atoms with Crippen LogP contribution in [0, 0.1) is 0 Å². The molecule has 8 rings (SSSR count). The highest BCUT2D eigenvalue weighted by Gasteiger charge is 2.18. The molecule has 0 bridgehead atoms. The van der Waals surface area contributed by atoms with Crippen molar-refractivity contribution < 1.29 is 8.22 Å². The third-order valence-corrected chi connectivity index (χ3v) is 8.25. The van der Waals surface area contributed by atoms with E-state index in [1.165, 1.54) is 6.07 Å². The molecule has 0 aliphatic heterocycles. The summed E-state index contributed by atoms with van der Waals surface area (Å²) in [5, 5.41) is 2.30. The molecule has 0 fully saturated rings.